The molecule has 0 bridgehead atoms. The molecule has 2 atom stereocenters. The van der Waals surface area contributed by atoms with E-state index in [9.17, 15) is 9.59 Å². The van der Waals surface area contributed by atoms with E-state index in [-0.39, 0.29) is 17.7 Å². The lowest BCUT2D eigenvalue weighted by atomic mass is 10.2. The summed E-state index contributed by atoms with van der Waals surface area (Å²) in [5.74, 6) is 0.998. The molecule has 0 spiro atoms. The fourth-order valence-electron chi connectivity index (χ4n) is 2.98. The fraction of sp³-hybridized carbons (Fsp3) is 0.529. The number of nitrogens with one attached hydrogen (secondary N) is 1. The van der Waals surface area contributed by atoms with Crippen LogP contribution in [0.15, 0.2) is 24.3 Å². The lowest BCUT2D eigenvalue weighted by Crippen LogP contribution is -2.51. The van der Waals surface area contributed by atoms with E-state index in [4.69, 9.17) is 11.6 Å². The van der Waals surface area contributed by atoms with Crippen LogP contribution in [0.5, 0.6) is 0 Å². The lowest BCUT2D eigenvalue weighted by Gasteiger charge is -2.34. The van der Waals surface area contributed by atoms with Gasteiger partial charge in [-0.2, -0.15) is 0 Å². The first kappa shape index (κ1) is 16.3. The first-order valence-electron chi connectivity index (χ1n) is 8.10. The summed E-state index contributed by atoms with van der Waals surface area (Å²) in [6, 6.07) is 7.20. The maximum atomic E-state index is 12.2. The first-order chi connectivity index (χ1) is 11.0. The zero-order valence-corrected chi connectivity index (χ0v) is 14.1. The predicted octanol–water partition coefficient (Wildman–Crippen LogP) is 2.08. The molecule has 1 aliphatic heterocycles. The van der Waals surface area contributed by atoms with E-state index < -0.39 is 0 Å². The summed E-state index contributed by atoms with van der Waals surface area (Å²) in [6.45, 7) is 5.35. The van der Waals surface area contributed by atoms with Crippen LogP contribution in [0.3, 0.4) is 0 Å². The molecule has 1 heterocycles. The normalized spacial score (nSPS) is 24.3. The maximum Gasteiger partial charge on any atom is 0.238 e. The number of hydrogen-bond donors (Lipinski definition) is 1. The molecular weight excluding hydrogens is 314 g/mol. The van der Waals surface area contributed by atoms with Crippen molar-refractivity contribution in [2.45, 2.75) is 13.3 Å². The zero-order chi connectivity index (χ0) is 16.4. The number of piperazine rings is 1. The van der Waals surface area contributed by atoms with E-state index in [0.717, 1.165) is 19.5 Å². The summed E-state index contributed by atoms with van der Waals surface area (Å²) in [4.78, 5) is 28.3. The van der Waals surface area contributed by atoms with Crippen LogP contribution in [-0.2, 0) is 9.59 Å². The molecule has 2 fully saturated rings. The minimum atomic E-state index is -0.0753. The molecule has 1 aliphatic carbocycles. The van der Waals surface area contributed by atoms with Gasteiger partial charge in [0.05, 0.1) is 17.3 Å². The third kappa shape index (κ3) is 4.03. The highest BCUT2D eigenvalue weighted by Crippen LogP contribution is 2.39. The summed E-state index contributed by atoms with van der Waals surface area (Å²) in [5, 5.41) is 3.37. The average Bonchev–Trinajstić information content (AvgIpc) is 3.26. The number of hydrogen-bond acceptors (Lipinski definition) is 3. The monoisotopic (exact) mass is 335 g/mol. The van der Waals surface area contributed by atoms with Gasteiger partial charge >= 0.3 is 0 Å². The number of carbonyl (C=O) groups is 2. The second kappa shape index (κ2) is 6.89. The van der Waals surface area contributed by atoms with Crippen molar-refractivity contribution in [2.75, 3.05) is 38.0 Å². The molecule has 2 amide bonds. The van der Waals surface area contributed by atoms with Crippen LogP contribution in [0.1, 0.15) is 13.3 Å². The van der Waals surface area contributed by atoms with Crippen LogP contribution in [-0.4, -0.2) is 54.3 Å². The SMILES string of the molecule is C[C@@H]1C[C@@H]1C(=O)N1CCN(CC(=O)Nc2ccccc2Cl)CC1. The van der Waals surface area contributed by atoms with E-state index in [1.807, 2.05) is 17.0 Å². The van der Waals surface area contributed by atoms with Crippen molar-refractivity contribution < 1.29 is 9.59 Å². The molecule has 6 heteroatoms. The number of para-hydroxylation sites is 1. The molecule has 23 heavy (non-hydrogen) atoms. The zero-order valence-electron chi connectivity index (χ0n) is 13.3. The van der Waals surface area contributed by atoms with Crippen molar-refractivity contribution in [3.8, 4) is 0 Å². The van der Waals surface area contributed by atoms with Crippen molar-refractivity contribution >= 4 is 29.1 Å². The highest BCUT2D eigenvalue weighted by molar-refractivity contribution is 6.33. The molecule has 2 aliphatic rings. The van der Waals surface area contributed by atoms with Gasteiger partial charge in [-0.3, -0.25) is 14.5 Å². The summed E-state index contributed by atoms with van der Waals surface area (Å²) in [7, 11) is 0. The number of anilines is 1. The number of halogens is 1. The standard InChI is InChI=1S/C17H22ClN3O2/c1-12-10-13(12)17(23)21-8-6-20(7-9-21)11-16(22)19-15-5-3-2-4-14(15)18/h2-5,12-13H,6-11H2,1H3,(H,19,22)/t12-,13+/m1/s1. The predicted molar refractivity (Wildman–Crippen MR) is 90.4 cm³/mol. The number of carbonyl (C=O) groups excluding carboxylic acids is 2. The molecule has 124 valence electrons. The Morgan fingerprint density at radius 3 is 2.48 bits per heavy atom. The number of rotatable bonds is 4. The van der Waals surface area contributed by atoms with Crippen LogP contribution in [0.2, 0.25) is 5.02 Å². The largest absolute Gasteiger partial charge is 0.340 e. The van der Waals surface area contributed by atoms with Crippen LogP contribution in [0.25, 0.3) is 0 Å². The fourth-order valence-corrected chi connectivity index (χ4v) is 3.17. The summed E-state index contributed by atoms with van der Waals surface area (Å²) >= 11 is 6.04. The highest BCUT2D eigenvalue weighted by Gasteiger charge is 2.41. The average molecular weight is 336 g/mol. The summed E-state index contributed by atoms with van der Waals surface area (Å²) in [5.41, 5.74) is 0.635. The van der Waals surface area contributed by atoms with E-state index in [1.54, 1.807) is 12.1 Å². The topological polar surface area (TPSA) is 52.7 Å². The van der Waals surface area contributed by atoms with Gasteiger partial charge < -0.3 is 10.2 Å². The maximum absolute atomic E-state index is 12.2. The van der Waals surface area contributed by atoms with Crippen molar-refractivity contribution in [3.05, 3.63) is 29.3 Å². The van der Waals surface area contributed by atoms with Gasteiger partial charge in [-0.1, -0.05) is 30.7 Å². The van der Waals surface area contributed by atoms with Gasteiger partial charge in [-0.15, -0.1) is 0 Å². The second-order valence-corrected chi connectivity index (χ2v) is 6.86. The molecule has 0 aromatic heterocycles. The van der Waals surface area contributed by atoms with Gasteiger partial charge in [0.25, 0.3) is 0 Å². The van der Waals surface area contributed by atoms with Crippen LogP contribution >= 0.6 is 11.6 Å². The van der Waals surface area contributed by atoms with Crippen molar-refractivity contribution in [1.82, 2.24) is 9.80 Å². The second-order valence-electron chi connectivity index (χ2n) is 6.45. The Balaban J connectivity index is 1.44. The number of amides is 2. The van der Waals surface area contributed by atoms with Crippen molar-refractivity contribution in [2.24, 2.45) is 11.8 Å². The summed E-state index contributed by atoms with van der Waals surface area (Å²) in [6.07, 6.45) is 1.03. The van der Waals surface area contributed by atoms with Crippen LogP contribution in [0.4, 0.5) is 5.69 Å². The van der Waals surface area contributed by atoms with Crippen molar-refractivity contribution in [3.63, 3.8) is 0 Å². The molecule has 1 N–H and O–H groups in total. The Morgan fingerprint density at radius 2 is 1.87 bits per heavy atom. The third-order valence-electron chi connectivity index (χ3n) is 4.63. The van der Waals surface area contributed by atoms with Crippen LogP contribution < -0.4 is 5.32 Å². The molecule has 1 aromatic rings. The van der Waals surface area contributed by atoms with Gasteiger partial charge in [0.15, 0.2) is 0 Å². The Hall–Kier alpha value is -1.59. The third-order valence-corrected chi connectivity index (χ3v) is 4.96. The van der Waals surface area contributed by atoms with Gasteiger partial charge in [-0.05, 0) is 24.5 Å². The minimum Gasteiger partial charge on any atom is -0.340 e. The lowest BCUT2D eigenvalue weighted by molar-refractivity contribution is -0.134. The molecule has 5 nitrogen and oxygen atoms in total. The van der Waals surface area contributed by atoms with Gasteiger partial charge in [-0.25, -0.2) is 0 Å². The van der Waals surface area contributed by atoms with E-state index in [1.165, 1.54) is 0 Å². The molecule has 1 saturated carbocycles. The van der Waals surface area contributed by atoms with Crippen molar-refractivity contribution in [1.29, 1.82) is 0 Å². The van der Waals surface area contributed by atoms with E-state index in [0.29, 0.717) is 36.3 Å². The Kier molecular flexibility index (Phi) is 4.87. The molecule has 1 saturated heterocycles. The number of nitrogens with zero attached hydrogens (tertiary/aromatic N) is 2. The summed E-state index contributed by atoms with van der Waals surface area (Å²) < 4.78 is 0. The first-order valence-corrected chi connectivity index (χ1v) is 8.48. The number of benzene rings is 1. The van der Waals surface area contributed by atoms with Gasteiger partial charge in [0.1, 0.15) is 0 Å². The van der Waals surface area contributed by atoms with Crippen LogP contribution in [0, 0.1) is 11.8 Å². The van der Waals surface area contributed by atoms with Gasteiger partial charge in [0.2, 0.25) is 11.8 Å². The molecule has 0 unspecified atom stereocenters. The molecule has 0 radical (unpaired) electrons. The van der Waals surface area contributed by atoms with E-state index in [2.05, 4.69) is 17.1 Å². The molecular formula is C17H22ClN3O2. The minimum absolute atomic E-state index is 0.0753. The quantitative estimate of drug-likeness (QED) is 0.916. The molecule has 1 aromatic carbocycles. The highest BCUT2D eigenvalue weighted by atomic mass is 35.5. The smallest absolute Gasteiger partial charge is 0.238 e. The Bertz CT molecular complexity index is 599. The van der Waals surface area contributed by atoms with E-state index >= 15 is 0 Å². The Morgan fingerprint density at radius 1 is 1.22 bits per heavy atom. The Labute approximate surface area is 141 Å². The molecule has 3 rings (SSSR count). The van der Waals surface area contributed by atoms with Gasteiger partial charge in [0, 0.05) is 32.1 Å².